The zero-order valence-electron chi connectivity index (χ0n) is 13.9. The van der Waals surface area contributed by atoms with Gasteiger partial charge in [0, 0.05) is 19.3 Å². The number of aromatic nitrogens is 1. The zero-order valence-corrected chi connectivity index (χ0v) is 14.7. The van der Waals surface area contributed by atoms with E-state index < -0.39 is 0 Å². The fourth-order valence-electron chi connectivity index (χ4n) is 2.82. The molecule has 2 heterocycles. The van der Waals surface area contributed by atoms with Crippen molar-refractivity contribution in [2.24, 2.45) is 5.92 Å². The molecule has 1 amide bonds. The van der Waals surface area contributed by atoms with Crippen LogP contribution in [-0.2, 0) is 11.3 Å². The summed E-state index contributed by atoms with van der Waals surface area (Å²) in [6.07, 6.45) is 4.28. The van der Waals surface area contributed by atoms with Crippen LogP contribution in [0.15, 0.2) is 36.0 Å². The van der Waals surface area contributed by atoms with Crippen LogP contribution >= 0.6 is 11.3 Å². The molecule has 3 rings (SSSR count). The second-order valence-corrected chi connectivity index (χ2v) is 7.01. The van der Waals surface area contributed by atoms with Crippen LogP contribution in [0, 0.1) is 11.7 Å². The molecule has 5 nitrogen and oxygen atoms in total. The summed E-state index contributed by atoms with van der Waals surface area (Å²) < 4.78 is 23.8. The van der Waals surface area contributed by atoms with Crippen LogP contribution in [-0.4, -0.2) is 35.7 Å². The molecule has 1 fully saturated rings. The number of rotatable bonds is 6. The van der Waals surface area contributed by atoms with Crippen molar-refractivity contribution in [2.45, 2.75) is 25.9 Å². The van der Waals surface area contributed by atoms with Crippen molar-refractivity contribution in [1.29, 1.82) is 0 Å². The topological polar surface area (TPSA) is 51.7 Å². The van der Waals surface area contributed by atoms with Crippen molar-refractivity contribution in [3.8, 4) is 5.75 Å². The highest BCUT2D eigenvalue weighted by atomic mass is 32.1. The predicted octanol–water partition coefficient (Wildman–Crippen LogP) is 4.10. The van der Waals surface area contributed by atoms with E-state index in [2.05, 4.69) is 4.98 Å². The van der Waals surface area contributed by atoms with Gasteiger partial charge in [0.15, 0.2) is 0 Å². The van der Waals surface area contributed by atoms with Crippen molar-refractivity contribution in [3.63, 3.8) is 0 Å². The van der Waals surface area contributed by atoms with E-state index in [0.29, 0.717) is 31.4 Å². The van der Waals surface area contributed by atoms with Gasteiger partial charge in [-0.1, -0.05) is 0 Å². The molecule has 1 aliphatic rings. The number of carbonyl (C=O) groups excluding carboxylic acids is 1. The Balaban J connectivity index is 1.32. The molecule has 25 heavy (non-hydrogen) atoms. The lowest BCUT2D eigenvalue weighted by atomic mass is 9.94. The second-order valence-electron chi connectivity index (χ2n) is 6.04. The van der Waals surface area contributed by atoms with Crippen molar-refractivity contribution < 1.29 is 18.7 Å². The first-order valence-corrected chi connectivity index (χ1v) is 9.26. The summed E-state index contributed by atoms with van der Waals surface area (Å²) >= 11 is 1.48. The average Bonchev–Trinajstić information content (AvgIpc) is 3.15. The van der Waals surface area contributed by atoms with Gasteiger partial charge in [-0.3, -0.25) is 4.98 Å². The van der Waals surface area contributed by atoms with Gasteiger partial charge in [-0.2, -0.15) is 0 Å². The first kappa shape index (κ1) is 17.7. The van der Waals surface area contributed by atoms with E-state index in [1.54, 1.807) is 28.7 Å². The van der Waals surface area contributed by atoms with Crippen LogP contribution in [0.2, 0.25) is 0 Å². The number of benzene rings is 1. The normalized spacial score (nSPS) is 15.2. The van der Waals surface area contributed by atoms with Gasteiger partial charge in [0.1, 0.15) is 18.2 Å². The number of piperidine rings is 1. The van der Waals surface area contributed by atoms with E-state index >= 15 is 0 Å². The van der Waals surface area contributed by atoms with E-state index in [-0.39, 0.29) is 18.5 Å². The highest BCUT2D eigenvalue weighted by Crippen LogP contribution is 2.22. The number of ether oxygens (including phenoxy) is 2. The second kappa shape index (κ2) is 8.80. The monoisotopic (exact) mass is 364 g/mol. The van der Waals surface area contributed by atoms with Crippen molar-refractivity contribution >= 4 is 17.4 Å². The number of likely N-dealkylation sites (tertiary alicyclic amines) is 1. The van der Waals surface area contributed by atoms with Gasteiger partial charge in [-0.15, -0.1) is 11.3 Å². The van der Waals surface area contributed by atoms with Gasteiger partial charge < -0.3 is 14.4 Å². The van der Waals surface area contributed by atoms with Gasteiger partial charge >= 0.3 is 6.09 Å². The number of hydrogen-bond acceptors (Lipinski definition) is 5. The molecule has 0 atom stereocenters. The smallest absolute Gasteiger partial charge is 0.410 e. The Morgan fingerprint density at radius 1 is 1.28 bits per heavy atom. The molecule has 0 unspecified atom stereocenters. The van der Waals surface area contributed by atoms with E-state index in [0.717, 1.165) is 24.1 Å². The van der Waals surface area contributed by atoms with Gasteiger partial charge in [0.05, 0.1) is 17.0 Å². The first-order chi connectivity index (χ1) is 12.2. The summed E-state index contributed by atoms with van der Waals surface area (Å²) in [5.41, 5.74) is 1.72. The number of halogens is 1. The molecule has 1 saturated heterocycles. The highest BCUT2D eigenvalue weighted by molar-refractivity contribution is 7.09. The van der Waals surface area contributed by atoms with E-state index in [4.69, 9.17) is 9.47 Å². The third-order valence-corrected chi connectivity index (χ3v) is 5.06. The van der Waals surface area contributed by atoms with Crippen LogP contribution in [0.25, 0.3) is 0 Å². The predicted molar refractivity (Wildman–Crippen MR) is 93.1 cm³/mol. The summed E-state index contributed by atoms with van der Waals surface area (Å²) in [5, 5.41) is 0. The first-order valence-electron chi connectivity index (χ1n) is 8.38. The molecule has 0 radical (unpaired) electrons. The maximum absolute atomic E-state index is 12.8. The molecule has 7 heteroatoms. The summed E-state index contributed by atoms with van der Waals surface area (Å²) in [6.45, 7) is 2.31. The zero-order chi connectivity index (χ0) is 17.5. The molecular weight excluding hydrogens is 343 g/mol. The lowest BCUT2D eigenvalue weighted by Gasteiger charge is -2.31. The molecule has 2 aromatic rings. The van der Waals surface area contributed by atoms with Crippen molar-refractivity contribution in [3.05, 3.63) is 46.7 Å². The summed E-state index contributed by atoms with van der Waals surface area (Å²) in [5.74, 6) is 0.957. The molecule has 1 aromatic heterocycles. The molecule has 134 valence electrons. The summed E-state index contributed by atoms with van der Waals surface area (Å²) in [7, 11) is 0. The third kappa shape index (κ3) is 5.42. The Morgan fingerprint density at radius 3 is 2.72 bits per heavy atom. The Hall–Kier alpha value is -2.15. The van der Waals surface area contributed by atoms with Gasteiger partial charge in [0.25, 0.3) is 0 Å². The van der Waals surface area contributed by atoms with Gasteiger partial charge in [0.2, 0.25) is 0 Å². The van der Waals surface area contributed by atoms with Crippen molar-refractivity contribution in [1.82, 2.24) is 9.88 Å². The summed E-state index contributed by atoms with van der Waals surface area (Å²) in [6, 6.07) is 6.06. The molecule has 0 N–H and O–H groups in total. The fraction of sp³-hybridized carbons (Fsp3) is 0.444. The molecule has 0 saturated carbocycles. The molecule has 0 spiro atoms. The third-order valence-electron chi connectivity index (χ3n) is 4.30. The number of thiazole rings is 1. The number of amides is 1. The minimum atomic E-state index is -0.262. The van der Waals surface area contributed by atoms with Gasteiger partial charge in [-0.25, -0.2) is 9.18 Å². The maximum Gasteiger partial charge on any atom is 0.410 e. The van der Waals surface area contributed by atoms with Crippen LogP contribution in [0.4, 0.5) is 9.18 Å². The average molecular weight is 364 g/mol. The summed E-state index contributed by atoms with van der Waals surface area (Å²) in [4.78, 5) is 18.7. The van der Waals surface area contributed by atoms with Crippen LogP contribution in [0.3, 0.4) is 0 Å². The molecule has 1 aliphatic heterocycles. The number of carbonyl (C=O) groups is 1. The van der Waals surface area contributed by atoms with Gasteiger partial charge in [-0.05, 0) is 49.4 Å². The molecule has 0 bridgehead atoms. The number of nitrogens with zero attached hydrogens (tertiary/aromatic N) is 2. The van der Waals surface area contributed by atoms with Crippen LogP contribution in [0.5, 0.6) is 5.75 Å². The van der Waals surface area contributed by atoms with E-state index in [1.807, 2.05) is 0 Å². The molecular formula is C18H21FN2O3S. The SMILES string of the molecule is O=C(OCc1cncs1)N1CCC(CCOc2ccc(F)cc2)CC1. The lowest BCUT2D eigenvalue weighted by Crippen LogP contribution is -2.39. The maximum atomic E-state index is 12.8. The Labute approximate surface area is 150 Å². The minimum Gasteiger partial charge on any atom is -0.494 e. The quantitative estimate of drug-likeness (QED) is 0.774. The standard InChI is InChI=1S/C18H21FN2O3S/c19-15-1-3-16(4-2-15)23-10-7-14-5-8-21(9-6-14)18(22)24-12-17-11-20-13-25-17/h1-4,11,13-14H,5-10,12H2. The Kier molecular flexibility index (Phi) is 6.22. The Bertz CT molecular complexity index is 655. The van der Waals surface area contributed by atoms with E-state index in [1.165, 1.54) is 23.5 Å². The highest BCUT2D eigenvalue weighted by Gasteiger charge is 2.23. The fourth-order valence-corrected chi connectivity index (χ4v) is 3.32. The molecule has 0 aliphatic carbocycles. The number of hydrogen-bond donors (Lipinski definition) is 0. The minimum absolute atomic E-state index is 0.255. The Morgan fingerprint density at radius 2 is 2.04 bits per heavy atom. The van der Waals surface area contributed by atoms with Crippen LogP contribution in [0.1, 0.15) is 24.1 Å². The van der Waals surface area contributed by atoms with Crippen LogP contribution < -0.4 is 4.74 Å². The molecule has 1 aromatic carbocycles. The lowest BCUT2D eigenvalue weighted by molar-refractivity contribution is 0.0807. The van der Waals surface area contributed by atoms with Crippen molar-refractivity contribution in [2.75, 3.05) is 19.7 Å². The largest absolute Gasteiger partial charge is 0.494 e. The van der Waals surface area contributed by atoms with E-state index in [9.17, 15) is 9.18 Å².